The summed E-state index contributed by atoms with van der Waals surface area (Å²) < 4.78 is 1.47. The van der Waals surface area contributed by atoms with E-state index < -0.39 is 0 Å². The van der Waals surface area contributed by atoms with Gasteiger partial charge in [-0.2, -0.15) is 5.26 Å². The fourth-order valence-electron chi connectivity index (χ4n) is 2.70. The Hall–Kier alpha value is -3.23. The summed E-state index contributed by atoms with van der Waals surface area (Å²) in [5.41, 5.74) is 1.53. The molecule has 0 saturated heterocycles. The van der Waals surface area contributed by atoms with E-state index in [9.17, 15) is 10.1 Å². The summed E-state index contributed by atoms with van der Waals surface area (Å²) in [7, 11) is 0. The topological polar surface area (TPSA) is 78.9 Å². The van der Waals surface area contributed by atoms with Crippen LogP contribution in [-0.2, 0) is 6.54 Å². The Labute approximate surface area is 145 Å². The molecule has 3 rings (SSSR count). The summed E-state index contributed by atoms with van der Waals surface area (Å²) in [6.07, 6.45) is 0.414. The van der Waals surface area contributed by atoms with E-state index in [1.165, 1.54) is 4.57 Å². The monoisotopic (exact) mass is 331 g/mol. The molecule has 1 heterocycles. The lowest BCUT2D eigenvalue weighted by atomic mass is 10.1. The van der Waals surface area contributed by atoms with E-state index in [0.29, 0.717) is 24.5 Å². The third kappa shape index (κ3) is 3.35. The van der Waals surface area contributed by atoms with Gasteiger partial charge in [0.25, 0.3) is 5.56 Å². The fraction of sp³-hybridized carbons (Fsp3) is 0.150. The van der Waals surface area contributed by atoms with Gasteiger partial charge in [-0.05, 0) is 6.42 Å². The smallest absolute Gasteiger partial charge is 0.272 e. The summed E-state index contributed by atoms with van der Waals surface area (Å²) in [4.78, 5) is 17.6. The van der Waals surface area contributed by atoms with E-state index in [1.54, 1.807) is 0 Å². The number of aliphatic hydroxyl groups excluding tert-OH is 1. The molecule has 1 N–H and O–H groups in total. The molecule has 0 saturated carbocycles. The number of nitrogens with zero attached hydrogens (tertiary/aromatic N) is 3. The van der Waals surface area contributed by atoms with Crippen molar-refractivity contribution in [2.45, 2.75) is 13.0 Å². The molecule has 0 aliphatic carbocycles. The van der Waals surface area contributed by atoms with Gasteiger partial charge in [0, 0.05) is 24.3 Å². The molecule has 0 aliphatic heterocycles. The zero-order valence-corrected chi connectivity index (χ0v) is 13.6. The number of hydrogen-bond acceptors (Lipinski definition) is 4. The highest BCUT2D eigenvalue weighted by Crippen LogP contribution is 2.24. The number of nitriles is 1. The zero-order valence-electron chi connectivity index (χ0n) is 13.6. The van der Waals surface area contributed by atoms with Crippen LogP contribution in [0, 0.1) is 11.3 Å². The van der Waals surface area contributed by atoms with Crippen LogP contribution in [0.1, 0.15) is 12.0 Å². The van der Waals surface area contributed by atoms with Gasteiger partial charge in [-0.15, -0.1) is 0 Å². The molecule has 5 nitrogen and oxygen atoms in total. The van der Waals surface area contributed by atoms with E-state index >= 15 is 0 Å². The van der Waals surface area contributed by atoms with E-state index in [1.807, 2.05) is 66.7 Å². The van der Waals surface area contributed by atoms with Crippen molar-refractivity contribution >= 4 is 0 Å². The molecule has 0 spiro atoms. The summed E-state index contributed by atoms with van der Waals surface area (Å²) in [6.45, 7) is 0.263. The lowest BCUT2D eigenvalue weighted by Crippen LogP contribution is -2.27. The SMILES string of the molecule is N#Cc1c(-c2ccccc2)nc(-c2ccccc2)n(CCCO)c1=O. The minimum absolute atomic E-state index is 0.0174. The van der Waals surface area contributed by atoms with Gasteiger partial charge in [-0.25, -0.2) is 4.98 Å². The highest BCUT2D eigenvalue weighted by atomic mass is 16.3. The van der Waals surface area contributed by atoms with Crippen LogP contribution >= 0.6 is 0 Å². The van der Waals surface area contributed by atoms with Crippen LogP contribution in [0.3, 0.4) is 0 Å². The molecule has 0 fully saturated rings. The molecule has 0 unspecified atom stereocenters. The number of benzene rings is 2. The van der Waals surface area contributed by atoms with Crippen molar-refractivity contribution in [1.82, 2.24) is 9.55 Å². The van der Waals surface area contributed by atoms with Gasteiger partial charge in [0.1, 0.15) is 17.5 Å². The van der Waals surface area contributed by atoms with Crippen molar-refractivity contribution in [3.8, 4) is 28.7 Å². The molecule has 5 heteroatoms. The average molecular weight is 331 g/mol. The number of rotatable bonds is 5. The van der Waals surface area contributed by atoms with Crippen LogP contribution in [0.5, 0.6) is 0 Å². The molecule has 0 aliphatic rings. The molecule has 2 aromatic carbocycles. The molecule has 0 bridgehead atoms. The predicted octanol–water partition coefficient (Wildman–Crippen LogP) is 2.83. The van der Waals surface area contributed by atoms with Gasteiger partial charge in [0.2, 0.25) is 0 Å². The second-order valence-corrected chi connectivity index (χ2v) is 5.54. The van der Waals surface area contributed by atoms with Crippen LogP contribution < -0.4 is 5.56 Å². The van der Waals surface area contributed by atoms with Crippen LogP contribution in [-0.4, -0.2) is 21.3 Å². The maximum absolute atomic E-state index is 12.9. The van der Waals surface area contributed by atoms with Crippen LogP contribution in [0.4, 0.5) is 0 Å². The van der Waals surface area contributed by atoms with Crippen molar-refractivity contribution in [3.63, 3.8) is 0 Å². The van der Waals surface area contributed by atoms with Gasteiger partial charge in [0.05, 0.1) is 5.69 Å². The molecule has 124 valence electrons. The van der Waals surface area contributed by atoms with Gasteiger partial charge in [-0.1, -0.05) is 60.7 Å². The maximum Gasteiger partial charge on any atom is 0.272 e. The van der Waals surface area contributed by atoms with Crippen molar-refractivity contribution in [2.75, 3.05) is 6.61 Å². The summed E-state index contributed by atoms with van der Waals surface area (Å²) in [5.74, 6) is 0.497. The molecule has 0 radical (unpaired) electrons. The lowest BCUT2D eigenvalue weighted by Gasteiger charge is -2.15. The molecule has 25 heavy (non-hydrogen) atoms. The van der Waals surface area contributed by atoms with E-state index in [2.05, 4.69) is 4.98 Å². The van der Waals surface area contributed by atoms with Gasteiger partial charge in [0.15, 0.2) is 0 Å². The standard InChI is InChI=1S/C20H17N3O2/c21-14-17-18(15-8-3-1-4-9-15)22-19(16-10-5-2-6-11-16)23(20(17)25)12-7-13-24/h1-6,8-11,24H,7,12-13H2. The largest absolute Gasteiger partial charge is 0.396 e. The Bertz CT molecular complexity index is 958. The number of aliphatic hydroxyl groups is 1. The third-order valence-corrected chi connectivity index (χ3v) is 3.90. The second kappa shape index (κ2) is 7.56. The summed E-state index contributed by atoms with van der Waals surface area (Å²) in [6, 6.07) is 20.6. The lowest BCUT2D eigenvalue weighted by molar-refractivity contribution is 0.279. The van der Waals surface area contributed by atoms with Crippen molar-refractivity contribution < 1.29 is 5.11 Å². The summed E-state index contributed by atoms with van der Waals surface area (Å²) >= 11 is 0. The Morgan fingerprint density at radius 1 is 1.00 bits per heavy atom. The quantitative estimate of drug-likeness (QED) is 0.780. The first-order valence-corrected chi connectivity index (χ1v) is 8.03. The number of hydrogen-bond donors (Lipinski definition) is 1. The Morgan fingerprint density at radius 3 is 2.16 bits per heavy atom. The predicted molar refractivity (Wildman–Crippen MR) is 95.8 cm³/mol. The van der Waals surface area contributed by atoms with Crippen molar-refractivity contribution in [3.05, 3.63) is 76.6 Å². The molecule has 0 amide bonds. The maximum atomic E-state index is 12.9. The highest BCUT2D eigenvalue weighted by molar-refractivity contribution is 5.69. The van der Waals surface area contributed by atoms with Gasteiger partial charge >= 0.3 is 0 Å². The van der Waals surface area contributed by atoms with E-state index in [-0.39, 0.29) is 17.7 Å². The average Bonchev–Trinajstić information content (AvgIpc) is 2.67. The first kappa shape index (κ1) is 16.6. The normalized spacial score (nSPS) is 10.4. The third-order valence-electron chi connectivity index (χ3n) is 3.90. The zero-order chi connectivity index (χ0) is 17.6. The minimum atomic E-state index is -0.386. The fourth-order valence-corrected chi connectivity index (χ4v) is 2.70. The first-order valence-electron chi connectivity index (χ1n) is 8.03. The molecular weight excluding hydrogens is 314 g/mol. The minimum Gasteiger partial charge on any atom is -0.396 e. The number of aromatic nitrogens is 2. The van der Waals surface area contributed by atoms with Crippen LogP contribution in [0.2, 0.25) is 0 Å². The molecule has 0 atom stereocenters. The summed E-state index contributed by atoms with van der Waals surface area (Å²) in [5, 5.41) is 18.7. The highest BCUT2D eigenvalue weighted by Gasteiger charge is 2.18. The van der Waals surface area contributed by atoms with E-state index in [4.69, 9.17) is 5.11 Å². The van der Waals surface area contributed by atoms with Crippen LogP contribution in [0.15, 0.2) is 65.5 Å². The van der Waals surface area contributed by atoms with Crippen LogP contribution in [0.25, 0.3) is 22.6 Å². The Kier molecular flexibility index (Phi) is 5.03. The molecule has 1 aromatic heterocycles. The Balaban J connectivity index is 2.30. The molecule has 3 aromatic rings. The second-order valence-electron chi connectivity index (χ2n) is 5.54. The molecular formula is C20H17N3O2. The first-order chi connectivity index (χ1) is 12.3. The van der Waals surface area contributed by atoms with E-state index in [0.717, 1.165) is 11.1 Å². The Morgan fingerprint density at radius 2 is 1.60 bits per heavy atom. The van der Waals surface area contributed by atoms with Gasteiger partial charge in [-0.3, -0.25) is 9.36 Å². The van der Waals surface area contributed by atoms with Crippen molar-refractivity contribution in [2.24, 2.45) is 0 Å². The van der Waals surface area contributed by atoms with Crippen molar-refractivity contribution in [1.29, 1.82) is 5.26 Å². The van der Waals surface area contributed by atoms with Gasteiger partial charge < -0.3 is 5.11 Å².